The summed E-state index contributed by atoms with van der Waals surface area (Å²) in [7, 11) is 1.53. The van der Waals surface area contributed by atoms with Crippen LogP contribution in [0.3, 0.4) is 0 Å². The molecule has 0 atom stereocenters. The van der Waals surface area contributed by atoms with Crippen molar-refractivity contribution in [2.75, 3.05) is 19.3 Å². The van der Waals surface area contributed by atoms with Crippen LogP contribution in [0.15, 0.2) is 12.3 Å². The molecule has 4 N–H and O–H groups in total. The van der Waals surface area contributed by atoms with Gasteiger partial charge < -0.3 is 16.4 Å². The van der Waals surface area contributed by atoms with Crippen molar-refractivity contribution in [3.63, 3.8) is 0 Å². The van der Waals surface area contributed by atoms with Crippen LogP contribution >= 0.6 is 11.6 Å². The van der Waals surface area contributed by atoms with Gasteiger partial charge in [-0.15, -0.1) is 0 Å². The number of pyridine rings is 1. The predicted octanol–water partition coefficient (Wildman–Crippen LogP) is 0.183. The second-order valence-electron chi connectivity index (χ2n) is 3.29. The number of nitrogens with two attached hydrogens (primary N) is 1. The minimum Gasteiger partial charge on any atom is -0.397 e. The molecule has 1 rings (SSSR count). The van der Waals surface area contributed by atoms with Crippen LogP contribution in [-0.4, -0.2) is 30.4 Å². The Labute approximate surface area is 104 Å². The first-order valence-corrected chi connectivity index (χ1v) is 5.32. The third-order valence-corrected chi connectivity index (χ3v) is 2.32. The number of carbonyl (C=O) groups is 2. The maximum atomic E-state index is 11.7. The van der Waals surface area contributed by atoms with Crippen molar-refractivity contribution in [2.45, 2.75) is 6.42 Å². The van der Waals surface area contributed by atoms with Crippen LogP contribution < -0.4 is 16.4 Å². The summed E-state index contributed by atoms with van der Waals surface area (Å²) in [6.45, 7) is 0.226. The maximum Gasteiger partial charge on any atom is 0.254 e. The van der Waals surface area contributed by atoms with E-state index in [1.165, 1.54) is 19.3 Å². The molecule has 0 bridgehead atoms. The Hall–Kier alpha value is -1.82. The molecule has 1 aromatic rings. The molecule has 2 amide bonds. The summed E-state index contributed by atoms with van der Waals surface area (Å²) in [6, 6.07) is 1.44. The molecule has 0 aromatic carbocycles. The molecule has 0 spiro atoms. The van der Waals surface area contributed by atoms with E-state index in [0.29, 0.717) is 5.69 Å². The molecule has 0 radical (unpaired) electrons. The summed E-state index contributed by atoms with van der Waals surface area (Å²) in [6.07, 6.45) is 1.57. The monoisotopic (exact) mass is 256 g/mol. The Morgan fingerprint density at radius 2 is 2.24 bits per heavy atom. The van der Waals surface area contributed by atoms with Gasteiger partial charge in [0.2, 0.25) is 5.91 Å². The molecule has 0 aliphatic carbocycles. The van der Waals surface area contributed by atoms with E-state index in [0.717, 1.165) is 0 Å². The molecule has 6 nitrogen and oxygen atoms in total. The van der Waals surface area contributed by atoms with Gasteiger partial charge in [-0.1, -0.05) is 11.6 Å². The third kappa shape index (κ3) is 3.92. The summed E-state index contributed by atoms with van der Waals surface area (Å²) < 4.78 is 0. The highest BCUT2D eigenvalue weighted by Gasteiger charge is 2.11. The van der Waals surface area contributed by atoms with Crippen LogP contribution in [0, 0.1) is 0 Å². The summed E-state index contributed by atoms with van der Waals surface area (Å²) in [4.78, 5) is 26.4. The van der Waals surface area contributed by atoms with Crippen molar-refractivity contribution >= 4 is 29.1 Å². The van der Waals surface area contributed by atoms with Crippen molar-refractivity contribution in [3.05, 3.63) is 23.0 Å². The number of rotatable bonds is 4. The standard InChI is InChI=1S/C10H13ClN4O2/c1-13-8(16)2-3-14-10(17)7-4-6(12)5-15-9(7)11/h4-5H,2-3,12H2,1H3,(H,13,16)(H,14,17). The molecule has 0 aliphatic heterocycles. The maximum absolute atomic E-state index is 11.7. The van der Waals surface area contributed by atoms with Gasteiger partial charge in [-0.05, 0) is 6.07 Å². The molecule has 17 heavy (non-hydrogen) atoms. The fourth-order valence-corrected chi connectivity index (χ4v) is 1.32. The number of anilines is 1. The Kier molecular flexibility index (Phi) is 4.71. The van der Waals surface area contributed by atoms with E-state index in [-0.39, 0.29) is 29.6 Å². The molecule has 7 heteroatoms. The van der Waals surface area contributed by atoms with Gasteiger partial charge in [0.1, 0.15) is 5.15 Å². The number of nitrogens with one attached hydrogen (secondary N) is 2. The molecule has 0 fully saturated rings. The number of hydrogen-bond acceptors (Lipinski definition) is 4. The lowest BCUT2D eigenvalue weighted by Gasteiger charge is -2.06. The van der Waals surface area contributed by atoms with Gasteiger partial charge >= 0.3 is 0 Å². The van der Waals surface area contributed by atoms with E-state index in [1.54, 1.807) is 0 Å². The van der Waals surface area contributed by atoms with Crippen molar-refractivity contribution in [1.29, 1.82) is 0 Å². The molecule has 0 unspecified atom stereocenters. The van der Waals surface area contributed by atoms with Gasteiger partial charge in [0.05, 0.1) is 17.4 Å². The fraction of sp³-hybridized carbons (Fsp3) is 0.300. The third-order valence-electron chi connectivity index (χ3n) is 2.02. The van der Waals surface area contributed by atoms with Crippen molar-refractivity contribution in [1.82, 2.24) is 15.6 Å². The van der Waals surface area contributed by atoms with Crippen LogP contribution in [0.25, 0.3) is 0 Å². The molecular weight excluding hydrogens is 244 g/mol. The lowest BCUT2D eigenvalue weighted by atomic mass is 10.2. The Morgan fingerprint density at radius 3 is 2.88 bits per heavy atom. The van der Waals surface area contributed by atoms with Gasteiger partial charge in [0.25, 0.3) is 5.91 Å². The van der Waals surface area contributed by atoms with Gasteiger partial charge in [0, 0.05) is 20.0 Å². The number of aromatic nitrogens is 1. The lowest BCUT2D eigenvalue weighted by molar-refractivity contribution is -0.120. The highest BCUT2D eigenvalue weighted by Crippen LogP contribution is 2.15. The van der Waals surface area contributed by atoms with Gasteiger partial charge in [-0.3, -0.25) is 9.59 Å². The highest BCUT2D eigenvalue weighted by atomic mass is 35.5. The molecule has 0 saturated heterocycles. The second-order valence-corrected chi connectivity index (χ2v) is 3.64. The minimum absolute atomic E-state index is 0.0802. The van der Waals surface area contributed by atoms with E-state index < -0.39 is 5.91 Å². The van der Waals surface area contributed by atoms with Gasteiger partial charge in [0.15, 0.2) is 0 Å². The van der Waals surface area contributed by atoms with Crippen molar-refractivity contribution < 1.29 is 9.59 Å². The largest absolute Gasteiger partial charge is 0.397 e. The van der Waals surface area contributed by atoms with E-state index in [2.05, 4.69) is 15.6 Å². The summed E-state index contributed by atoms with van der Waals surface area (Å²) in [5.41, 5.74) is 6.05. The molecule has 92 valence electrons. The normalized spacial score (nSPS) is 9.76. The first-order valence-electron chi connectivity index (χ1n) is 4.94. The predicted molar refractivity (Wildman–Crippen MR) is 64.7 cm³/mol. The zero-order valence-electron chi connectivity index (χ0n) is 9.29. The van der Waals surface area contributed by atoms with Crippen LogP contribution in [-0.2, 0) is 4.79 Å². The van der Waals surface area contributed by atoms with E-state index in [4.69, 9.17) is 17.3 Å². The zero-order chi connectivity index (χ0) is 12.8. The first kappa shape index (κ1) is 13.2. The average molecular weight is 257 g/mol. The molecule has 0 saturated carbocycles. The number of carbonyl (C=O) groups excluding carboxylic acids is 2. The highest BCUT2D eigenvalue weighted by molar-refractivity contribution is 6.32. The van der Waals surface area contributed by atoms with E-state index >= 15 is 0 Å². The second kappa shape index (κ2) is 6.05. The number of nitrogens with zero attached hydrogens (tertiary/aromatic N) is 1. The first-order chi connectivity index (χ1) is 8.04. The number of amides is 2. The Bertz CT molecular complexity index is 436. The topological polar surface area (TPSA) is 97.1 Å². The lowest BCUT2D eigenvalue weighted by Crippen LogP contribution is -2.29. The quantitative estimate of drug-likeness (QED) is 0.670. The molecule has 1 heterocycles. The van der Waals surface area contributed by atoms with E-state index in [1.807, 2.05) is 0 Å². The smallest absolute Gasteiger partial charge is 0.254 e. The van der Waals surface area contributed by atoms with Crippen molar-refractivity contribution in [3.8, 4) is 0 Å². The summed E-state index contributed by atoms with van der Waals surface area (Å²) >= 11 is 5.75. The molecular formula is C10H13ClN4O2. The number of halogens is 1. The number of nitrogen functional groups attached to an aromatic ring is 1. The Morgan fingerprint density at radius 1 is 1.53 bits per heavy atom. The summed E-state index contributed by atoms with van der Waals surface area (Å²) in [5.74, 6) is -0.555. The van der Waals surface area contributed by atoms with Crippen LogP contribution in [0.1, 0.15) is 16.8 Å². The van der Waals surface area contributed by atoms with E-state index in [9.17, 15) is 9.59 Å². The SMILES string of the molecule is CNC(=O)CCNC(=O)c1cc(N)cnc1Cl. The zero-order valence-corrected chi connectivity index (χ0v) is 10.0. The number of hydrogen-bond donors (Lipinski definition) is 3. The van der Waals surface area contributed by atoms with Gasteiger partial charge in [-0.2, -0.15) is 0 Å². The van der Waals surface area contributed by atoms with Crippen LogP contribution in [0.4, 0.5) is 5.69 Å². The fourth-order valence-electron chi connectivity index (χ4n) is 1.13. The molecule has 1 aromatic heterocycles. The average Bonchev–Trinajstić information content (AvgIpc) is 2.31. The van der Waals surface area contributed by atoms with Crippen LogP contribution in [0.2, 0.25) is 5.15 Å². The van der Waals surface area contributed by atoms with Crippen molar-refractivity contribution in [2.24, 2.45) is 0 Å². The molecule has 0 aliphatic rings. The Balaban J connectivity index is 2.58. The minimum atomic E-state index is -0.404. The summed E-state index contributed by atoms with van der Waals surface area (Å²) in [5, 5.41) is 5.08. The van der Waals surface area contributed by atoms with Gasteiger partial charge in [-0.25, -0.2) is 4.98 Å². The van der Waals surface area contributed by atoms with Crippen LogP contribution in [0.5, 0.6) is 0 Å².